The molecule has 0 radical (unpaired) electrons. The van der Waals surface area contributed by atoms with Crippen LogP contribution in [0.4, 0.5) is 17.1 Å². The number of rotatable bonds is 4. The van der Waals surface area contributed by atoms with Gasteiger partial charge in [0, 0.05) is 36.5 Å². The molecule has 202 valence electrons. The van der Waals surface area contributed by atoms with E-state index in [1.807, 2.05) is 17.4 Å². The molecule has 2 heterocycles. The summed E-state index contributed by atoms with van der Waals surface area (Å²) in [6, 6.07) is 54.3. The lowest BCUT2D eigenvalue weighted by Gasteiger charge is -2.29. The number of fused-ring (bicyclic) bond motifs is 7. The molecule has 0 unspecified atom stereocenters. The monoisotopic (exact) mass is 567 g/mol. The standard InChI is InChI=1S/C40H25NOS/c1-2-14-27-26(12-1)13-9-20-32(27)41(34-21-11-23-36-40(34)30-16-4-7-22-35(30)42-36)33-19-6-3-15-28(33)29-18-10-25-38-39(29)31-17-5-8-24-37(31)43-38/h1-25H. The Kier molecular flexibility index (Phi) is 5.40. The Morgan fingerprint density at radius 2 is 1.00 bits per heavy atom. The van der Waals surface area contributed by atoms with Crippen molar-refractivity contribution in [1.82, 2.24) is 0 Å². The Morgan fingerprint density at radius 1 is 0.395 bits per heavy atom. The summed E-state index contributed by atoms with van der Waals surface area (Å²) in [5.41, 5.74) is 7.55. The third kappa shape index (κ3) is 3.72. The van der Waals surface area contributed by atoms with Crippen molar-refractivity contribution in [3.05, 3.63) is 152 Å². The predicted octanol–water partition coefficient (Wildman–Crippen LogP) is 12.2. The van der Waals surface area contributed by atoms with E-state index < -0.39 is 0 Å². The van der Waals surface area contributed by atoms with Crippen LogP contribution >= 0.6 is 11.3 Å². The van der Waals surface area contributed by atoms with Crippen LogP contribution in [-0.4, -0.2) is 0 Å². The maximum atomic E-state index is 6.39. The molecule has 9 rings (SSSR count). The van der Waals surface area contributed by atoms with E-state index >= 15 is 0 Å². The zero-order valence-corrected chi connectivity index (χ0v) is 24.0. The predicted molar refractivity (Wildman–Crippen MR) is 184 cm³/mol. The first kappa shape index (κ1) is 24.2. The zero-order valence-electron chi connectivity index (χ0n) is 23.2. The SMILES string of the molecule is c1ccc(N(c2cccc3ccccc23)c2cccc3oc4ccccc4c23)c(-c2cccc3sc4ccccc4c23)c1. The van der Waals surface area contributed by atoms with E-state index in [0.29, 0.717) is 0 Å². The number of furan rings is 1. The quantitative estimate of drug-likeness (QED) is 0.210. The van der Waals surface area contributed by atoms with Crippen molar-refractivity contribution in [1.29, 1.82) is 0 Å². The normalized spacial score (nSPS) is 11.7. The largest absolute Gasteiger partial charge is 0.456 e. The summed E-state index contributed by atoms with van der Waals surface area (Å²) in [5.74, 6) is 0. The van der Waals surface area contributed by atoms with Crippen molar-refractivity contribution in [3.63, 3.8) is 0 Å². The molecule has 0 aliphatic heterocycles. The van der Waals surface area contributed by atoms with Crippen molar-refractivity contribution < 1.29 is 4.42 Å². The summed E-state index contributed by atoms with van der Waals surface area (Å²) in [7, 11) is 0. The van der Waals surface area contributed by atoms with Crippen LogP contribution in [0.5, 0.6) is 0 Å². The summed E-state index contributed by atoms with van der Waals surface area (Å²) in [6.45, 7) is 0. The fraction of sp³-hybridized carbons (Fsp3) is 0. The summed E-state index contributed by atoms with van der Waals surface area (Å²) < 4.78 is 9.00. The molecule has 9 aromatic rings. The highest BCUT2D eigenvalue weighted by Gasteiger charge is 2.24. The summed E-state index contributed by atoms with van der Waals surface area (Å²) in [6.07, 6.45) is 0. The number of hydrogen-bond donors (Lipinski definition) is 0. The Bertz CT molecular complexity index is 2480. The van der Waals surface area contributed by atoms with E-state index in [4.69, 9.17) is 4.42 Å². The third-order valence-electron chi connectivity index (χ3n) is 8.47. The van der Waals surface area contributed by atoms with Gasteiger partial charge in [0.1, 0.15) is 11.2 Å². The minimum atomic E-state index is 0.882. The first-order chi connectivity index (χ1) is 21.3. The number of benzene rings is 7. The van der Waals surface area contributed by atoms with Gasteiger partial charge in [0.15, 0.2) is 0 Å². The van der Waals surface area contributed by atoms with Gasteiger partial charge in [-0.15, -0.1) is 11.3 Å². The Labute approximate surface area is 252 Å². The first-order valence-corrected chi connectivity index (χ1v) is 15.3. The van der Waals surface area contributed by atoms with E-state index in [1.165, 1.54) is 42.1 Å². The molecule has 0 saturated carbocycles. The summed E-state index contributed by atoms with van der Waals surface area (Å²) >= 11 is 1.86. The van der Waals surface area contributed by atoms with Gasteiger partial charge in [-0.25, -0.2) is 0 Å². The van der Waals surface area contributed by atoms with Crippen molar-refractivity contribution in [2.45, 2.75) is 0 Å². The Hall–Kier alpha value is -5.38. The number of nitrogens with zero attached hydrogens (tertiary/aromatic N) is 1. The van der Waals surface area contributed by atoms with Gasteiger partial charge in [-0.05, 0) is 53.4 Å². The molecule has 0 spiro atoms. The maximum Gasteiger partial charge on any atom is 0.137 e. The van der Waals surface area contributed by atoms with Crippen LogP contribution in [0.1, 0.15) is 0 Å². The van der Waals surface area contributed by atoms with Gasteiger partial charge >= 0.3 is 0 Å². The van der Waals surface area contributed by atoms with Crippen molar-refractivity contribution in [2.75, 3.05) is 4.90 Å². The van der Waals surface area contributed by atoms with E-state index in [1.54, 1.807) is 0 Å². The van der Waals surface area contributed by atoms with E-state index in [-0.39, 0.29) is 0 Å². The molecule has 2 aromatic heterocycles. The molecule has 0 aliphatic rings. The molecule has 0 amide bonds. The second-order valence-electron chi connectivity index (χ2n) is 10.9. The van der Waals surface area contributed by atoms with Gasteiger partial charge in [-0.1, -0.05) is 109 Å². The Balaban J connectivity index is 1.41. The molecule has 0 bridgehead atoms. The van der Waals surface area contributed by atoms with Gasteiger partial charge in [0.25, 0.3) is 0 Å². The number of anilines is 3. The van der Waals surface area contributed by atoms with E-state index in [9.17, 15) is 0 Å². The highest BCUT2D eigenvalue weighted by atomic mass is 32.1. The lowest BCUT2D eigenvalue weighted by atomic mass is 9.96. The maximum absolute atomic E-state index is 6.39. The Morgan fingerprint density at radius 3 is 1.95 bits per heavy atom. The van der Waals surface area contributed by atoms with Crippen LogP contribution in [0, 0.1) is 0 Å². The average Bonchev–Trinajstić information content (AvgIpc) is 3.64. The van der Waals surface area contributed by atoms with Crippen LogP contribution < -0.4 is 4.90 Å². The fourth-order valence-electron chi connectivity index (χ4n) is 6.63. The van der Waals surface area contributed by atoms with Gasteiger partial charge in [0.05, 0.1) is 22.4 Å². The fourth-order valence-corrected chi connectivity index (χ4v) is 7.76. The summed E-state index contributed by atoms with van der Waals surface area (Å²) in [4.78, 5) is 2.44. The van der Waals surface area contributed by atoms with E-state index in [2.05, 4.69) is 150 Å². The molecule has 0 aliphatic carbocycles. The zero-order chi connectivity index (χ0) is 28.3. The van der Waals surface area contributed by atoms with Gasteiger partial charge < -0.3 is 9.32 Å². The highest BCUT2D eigenvalue weighted by molar-refractivity contribution is 7.25. The highest BCUT2D eigenvalue weighted by Crippen LogP contribution is 2.49. The molecule has 2 nitrogen and oxygen atoms in total. The van der Waals surface area contributed by atoms with Crippen LogP contribution in [0.3, 0.4) is 0 Å². The lowest BCUT2D eigenvalue weighted by molar-refractivity contribution is 0.669. The molecular formula is C40H25NOS. The van der Waals surface area contributed by atoms with E-state index in [0.717, 1.165) is 39.0 Å². The molecule has 7 aromatic carbocycles. The smallest absolute Gasteiger partial charge is 0.137 e. The molecule has 0 N–H and O–H groups in total. The molecular weight excluding hydrogens is 543 g/mol. The lowest BCUT2D eigenvalue weighted by Crippen LogP contribution is -2.12. The molecule has 43 heavy (non-hydrogen) atoms. The number of para-hydroxylation sites is 2. The molecule has 0 atom stereocenters. The van der Waals surface area contributed by atoms with Crippen molar-refractivity contribution in [3.8, 4) is 11.1 Å². The molecule has 0 fully saturated rings. The molecule has 0 saturated heterocycles. The summed E-state index contributed by atoms with van der Waals surface area (Å²) in [5, 5.41) is 7.23. The van der Waals surface area contributed by atoms with Crippen LogP contribution in [0.25, 0.3) is 64.0 Å². The minimum absolute atomic E-state index is 0.882. The van der Waals surface area contributed by atoms with Crippen LogP contribution in [0.15, 0.2) is 156 Å². The molecule has 3 heteroatoms. The minimum Gasteiger partial charge on any atom is -0.456 e. The average molecular weight is 568 g/mol. The topological polar surface area (TPSA) is 16.4 Å². The van der Waals surface area contributed by atoms with Gasteiger partial charge in [0.2, 0.25) is 0 Å². The van der Waals surface area contributed by atoms with Gasteiger partial charge in [-0.3, -0.25) is 0 Å². The number of thiophene rings is 1. The number of hydrogen-bond acceptors (Lipinski definition) is 3. The van der Waals surface area contributed by atoms with Crippen LogP contribution in [0.2, 0.25) is 0 Å². The third-order valence-corrected chi connectivity index (χ3v) is 9.60. The second kappa shape index (κ2) is 9.59. The van der Waals surface area contributed by atoms with Crippen LogP contribution in [-0.2, 0) is 0 Å². The van der Waals surface area contributed by atoms with Gasteiger partial charge in [-0.2, -0.15) is 0 Å². The van der Waals surface area contributed by atoms with Crippen molar-refractivity contribution in [2.24, 2.45) is 0 Å². The second-order valence-corrected chi connectivity index (χ2v) is 12.0. The first-order valence-electron chi connectivity index (χ1n) is 14.5. The van der Waals surface area contributed by atoms with Crippen molar-refractivity contribution >= 4 is 81.3 Å².